The average molecular weight is 424 g/mol. The monoisotopic (exact) mass is 423 g/mol. The maximum Gasteiger partial charge on any atom is 0.243 e. The van der Waals surface area contributed by atoms with Crippen LogP contribution in [0.2, 0.25) is 0 Å². The van der Waals surface area contributed by atoms with Crippen LogP contribution in [0.25, 0.3) is 0 Å². The van der Waals surface area contributed by atoms with E-state index in [2.05, 4.69) is 0 Å². The first kappa shape index (κ1) is 21.6. The summed E-state index contributed by atoms with van der Waals surface area (Å²) in [5.41, 5.74) is 1.31. The van der Waals surface area contributed by atoms with Gasteiger partial charge >= 0.3 is 0 Å². The van der Waals surface area contributed by atoms with Crippen LogP contribution in [0.3, 0.4) is 0 Å². The molecule has 9 heteroatoms. The van der Waals surface area contributed by atoms with Gasteiger partial charge in [0.05, 0.1) is 25.2 Å². The van der Waals surface area contributed by atoms with Gasteiger partial charge in [0.2, 0.25) is 21.8 Å². The Morgan fingerprint density at radius 1 is 1.07 bits per heavy atom. The molecule has 0 spiro atoms. The number of nitrogens with zero attached hydrogens (tertiary/aromatic N) is 3. The lowest BCUT2D eigenvalue weighted by Crippen LogP contribution is -2.49. The molecule has 0 atom stereocenters. The van der Waals surface area contributed by atoms with Gasteiger partial charge in [-0.05, 0) is 31.4 Å². The van der Waals surface area contributed by atoms with E-state index in [0.29, 0.717) is 57.9 Å². The van der Waals surface area contributed by atoms with E-state index in [0.717, 1.165) is 16.1 Å². The number of sulfonamides is 1. The highest BCUT2D eigenvalue weighted by Crippen LogP contribution is 2.24. The van der Waals surface area contributed by atoms with Crippen molar-refractivity contribution >= 4 is 27.5 Å². The van der Waals surface area contributed by atoms with Gasteiger partial charge in [0.15, 0.2) is 0 Å². The first-order valence-corrected chi connectivity index (χ1v) is 11.8. The number of morpholine rings is 1. The SMILES string of the molecule is Cc1ccccc1N(CC(=O)N1CCC(C(=O)N2CCOCC2)CC1)S(C)(=O)=O. The molecule has 2 fully saturated rings. The Kier molecular flexibility index (Phi) is 6.79. The van der Waals surface area contributed by atoms with E-state index in [-0.39, 0.29) is 24.3 Å². The summed E-state index contributed by atoms with van der Waals surface area (Å²) in [6.07, 6.45) is 2.32. The fourth-order valence-corrected chi connectivity index (χ4v) is 4.77. The number of ether oxygens (including phenoxy) is 1. The lowest BCUT2D eigenvalue weighted by Gasteiger charge is -2.36. The minimum atomic E-state index is -3.60. The van der Waals surface area contributed by atoms with Crippen LogP contribution in [0.4, 0.5) is 5.69 Å². The number of amides is 2. The number of carbonyl (C=O) groups is 2. The van der Waals surface area contributed by atoms with Gasteiger partial charge in [-0.25, -0.2) is 8.42 Å². The highest BCUT2D eigenvalue weighted by atomic mass is 32.2. The zero-order valence-corrected chi connectivity index (χ0v) is 17.9. The molecule has 0 bridgehead atoms. The van der Waals surface area contributed by atoms with E-state index in [4.69, 9.17) is 4.74 Å². The van der Waals surface area contributed by atoms with Crippen molar-refractivity contribution in [3.05, 3.63) is 29.8 Å². The van der Waals surface area contributed by atoms with Gasteiger partial charge in [-0.2, -0.15) is 0 Å². The van der Waals surface area contributed by atoms with Crippen LogP contribution >= 0.6 is 0 Å². The average Bonchev–Trinajstić information content (AvgIpc) is 2.72. The second kappa shape index (κ2) is 9.13. The van der Waals surface area contributed by atoms with Crippen molar-refractivity contribution in [2.75, 3.05) is 56.5 Å². The molecule has 0 unspecified atom stereocenters. The van der Waals surface area contributed by atoms with Gasteiger partial charge in [-0.1, -0.05) is 18.2 Å². The molecule has 8 nitrogen and oxygen atoms in total. The van der Waals surface area contributed by atoms with Crippen molar-refractivity contribution in [2.45, 2.75) is 19.8 Å². The molecule has 1 aromatic carbocycles. The largest absolute Gasteiger partial charge is 0.378 e. The van der Waals surface area contributed by atoms with Gasteiger partial charge in [-0.15, -0.1) is 0 Å². The normalized spacial score (nSPS) is 18.6. The third kappa shape index (κ3) is 5.27. The molecule has 0 aromatic heterocycles. The Hall–Kier alpha value is -2.13. The Labute approximate surface area is 172 Å². The summed E-state index contributed by atoms with van der Waals surface area (Å²) in [5.74, 6) is -0.187. The molecule has 2 heterocycles. The highest BCUT2D eigenvalue weighted by Gasteiger charge is 2.32. The number of aryl methyl sites for hydroxylation is 1. The number of anilines is 1. The number of hydrogen-bond donors (Lipinski definition) is 0. The van der Waals surface area contributed by atoms with Gasteiger partial charge in [0, 0.05) is 32.1 Å². The molecule has 3 rings (SSSR count). The summed E-state index contributed by atoms with van der Waals surface area (Å²) in [6.45, 7) is 4.91. The number of para-hydroxylation sites is 1. The van der Waals surface area contributed by atoms with E-state index < -0.39 is 10.0 Å². The zero-order chi connectivity index (χ0) is 21.0. The van der Waals surface area contributed by atoms with E-state index in [9.17, 15) is 18.0 Å². The third-order valence-corrected chi connectivity index (χ3v) is 6.71. The number of piperidine rings is 1. The first-order chi connectivity index (χ1) is 13.8. The first-order valence-electron chi connectivity index (χ1n) is 9.95. The molecule has 2 aliphatic rings. The summed E-state index contributed by atoms with van der Waals surface area (Å²) in [4.78, 5) is 29.0. The molecule has 1 aromatic rings. The van der Waals surface area contributed by atoms with Crippen molar-refractivity contribution in [2.24, 2.45) is 5.92 Å². The van der Waals surface area contributed by atoms with Crippen LogP contribution in [0.5, 0.6) is 0 Å². The van der Waals surface area contributed by atoms with Gasteiger partial charge < -0.3 is 14.5 Å². The van der Waals surface area contributed by atoms with E-state index in [1.165, 1.54) is 0 Å². The molecule has 29 heavy (non-hydrogen) atoms. The minimum absolute atomic E-state index is 0.0838. The number of hydrogen-bond acceptors (Lipinski definition) is 5. The fourth-order valence-electron chi connectivity index (χ4n) is 3.86. The standard InChI is InChI=1S/C20H29N3O5S/c1-16-5-3-4-6-18(16)23(29(2,26)27)15-19(24)21-9-7-17(8-10-21)20(25)22-11-13-28-14-12-22/h3-6,17H,7-15H2,1-2H3. The van der Waals surface area contributed by atoms with Crippen molar-refractivity contribution < 1.29 is 22.7 Å². The Balaban J connectivity index is 1.61. The predicted octanol–water partition coefficient (Wildman–Crippen LogP) is 0.858. The summed E-state index contributed by atoms with van der Waals surface area (Å²) >= 11 is 0. The van der Waals surface area contributed by atoms with Crippen molar-refractivity contribution in [1.82, 2.24) is 9.80 Å². The van der Waals surface area contributed by atoms with Gasteiger partial charge in [0.25, 0.3) is 0 Å². The molecule has 2 aliphatic heterocycles. The van der Waals surface area contributed by atoms with Crippen LogP contribution in [-0.4, -0.2) is 82.2 Å². The van der Waals surface area contributed by atoms with Gasteiger partial charge in [-0.3, -0.25) is 13.9 Å². The summed E-state index contributed by atoms with van der Waals surface area (Å²) in [5, 5.41) is 0. The lowest BCUT2D eigenvalue weighted by atomic mass is 9.95. The molecule has 0 aliphatic carbocycles. The maximum absolute atomic E-state index is 12.8. The second-order valence-corrected chi connectivity index (χ2v) is 9.56. The van der Waals surface area contributed by atoms with Crippen molar-refractivity contribution in [3.63, 3.8) is 0 Å². The fraction of sp³-hybridized carbons (Fsp3) is 0.600. The topological polar surface area (TPSA) is 87.2 Å². The summed E-state index contributed by atoms with van der Waals surface area (Å²) < 4.78 is 31.1. The van der Waals surface area contributed by atoms with Crippen molar-refractivity contribution in [3.8, 4) is 0 Å². The van der Waals surface area contributed by atoms with Crippen LogP contribution in [0.15, 0.2) is 24.3 Å². The Morgan fingerprint density at radius 2 is 1.69 bits per heavy atom. The smallest absolute Gasteiger partial charge is 0.243 e. The van der Waals surface area contributed by atoms with Crippen LogP contribution in [-0.2, 0) is 24.3 Å². The summed E-state index contributed by atoms with van der Waals surface area (Å²) in [7, 11) is -3.60. The van der Waals surface area contributed by atoms with Crippen LogP contribution < -0.4 is 4.31 Å². The van der Waals surface area contributed by atoms with Crippen LogP contribution in [0.1, 0.15) is 18.4 Å². The minimum Gasteiger partial charge on any atom is -0.378 e. The molecule has 2 saturated heterocycles. The number of carbonyl (C=O) groups excluding carboxylic acids is 2. The molecule has 160 valence electrons. The third-order valence-electron chi connectivity index (χ3n) is 5.58. The Morgan fingerprint density at radius 3 is 2.28 bits per heavy atom. The zero-order valence-electron chi connectivity index (χ0n) is 17.0. The Bertz CT molecular complexity index is 843. The lowest BCUT2D eigenvalue weighted by molar-refractivity contribution is -0.143. The highest BCUT2D eigenvalue weighted by molar-refractivity contribution is 7.92. The van der Waals surface area contributed by atoms with E-state index >= 15 is 0 Å². The van der Waals surface area contributed by atoms with Crippen molar-refractivity contribution in [1.29, 1.82) is 0 Å². The predicted molar refractivity (Wildman–Crippen MR) is 110 cm³/mol. The van der Waals surface area contributed by atoms with E-state index in [1.807, 2.05) is 24.0 Å². The number of benzene rings is 1. The molecular formula is C20H29N3O5S. The molecular weight excluding hydrogens is 394 g/mol. The molecule has 2 amide bonds. The summed E-state index contributed by atoms with van der Waals surface area (Å²) in [6, 6.07) is 7.11. The molecule has 0 N–H and O–H groups in total. The molecule has 0 saturated carbocycles. The van der Waals surface area contributed by atoms with E-state index in [1.54, 1.807) is 17.0 Å². The molecule has 0 radical (unpaired) electrons. The quantitative estimate of drug-likeness (QED) is 0.701. The maximum atomic E-state index is 12.8. The second-order valence-electron chi connectivity index (χ2n) is 7.65. The number of rotatable bonds is 5. The number of likely N-dealkylation sites (tertiary alicyclic amines) is 1. The van der Waals surface area contributed by atoms with Crippen LogP contribution in [0, 0.1) is 12.8 Å². The van der Waals surface area contributed by atoms with Gasteiger partial charge in [0.1, 0.15) is 6.54 Å².